The Labute approximate surface area is 227 Å². The summed E-state index contributed by atoms with van der Waals surface area (Å²) in [5, 5.41) is 6.09. The molecule has 4 saturated carbocycles. The topological polar surface area (TPSA) is 99.8 Å². The molecule has 4 aliphatic carbocycles. The Bertz CT molecular complexity index is 1590. The van der Waals surface area contributed by atoms with E-state index in [1.165, 1.54) is 19.3 Å². The Morgan fingerprint density at radius 1 is 0.949 bits per heavy atom. The number of rotatable bonds is 5. The maximum atomic E-state index is 13.5. The number of nitrogens with zero attached hydrogens (tertiary/aromatic N) is 2. The minimum atomic E-state index is -0.223. The van der Waals surface area contributed by atoms with Crippen LogP contribution in [-0.2, 0) is 4.79 Å². The molecule has 39 heavy (non-hydrogen) atoms. The number of nitrogens with one attached hydrogen (secondary N) is 3. The van der Waals surface area contributed by atoms with Crippen LogP contribution in [0.3, 0.4) is 0 Å². The minimum absolute atomic E-state index is 0.199. The van der Waals surface area contributed by atoms with Crippen LogP contribution >= 0.6 is 0 Å². The number of anilines is 2. The number of aromatic amines is 1. The number of pyridine rings is 1. The fourth-order valence-electron chi connectivity index (χ4n) is 8.04. The third kappa shape index (κ3) is 4.40. The standard InChI is InChI=1S/C32H33N5O2/c1-19-9-10-33-27(11-19)37-29(38)23-5-8-25-26(13-23)36-28(35-25)22-3-6-24(7-4-22)34-30(39)32-16-20-12-21(17-32)15-31(2,14-20)18-32/h3-11,13,20-21H,12,14-18H2,1-2H3,(H,34,39)(H,35,36)(H,33,37,38). The number of aromatic nitrogens is 3. The Hall–Kier alpha value is -4.00. The molecule has 0 spiro atoms. The highest BCUT2D eigenvalue weighted by atomic mass is 16.2. The zero-order chi connectivity index (χ0) is 26.8. The summed E-state index contributed by atoms with van der Waals surface area (Å²) in [7, 11) is 0. The van der Waals surface area contributed by atoms with E-state index < -0.39 is 0 Å². The molecule has 7 heteroatoms. The fourth-order valence-corrected chi connectivity index (χ4v) is 8.04. The molecule has 4 aliphatic rings. The van der Waals surface area contributed by atoms with Crippen molar-refractivity contribution in [2.24, 2.45) is 22.7 Å². The van der Waals surface area contributed by atoms with Gasteiger partial charge in [-0.05, 0) is 123 Å². The van der Waals surface area contributed by atoms with Gasteiger partial charge in [-0.15, -0.1) is 0 Å². The van der Waals surface area contributed by atoms with Crippen molar-refractivity contribution >= 4 is 34.4 Å². The molecule has 0 radical (unpaired) electrons. The Balaban J connectivity index is 1.06. The van der Waals surface area contributed by atoms with Crippen LogP contribution in [0.25, 0.3) is 22.4 Å². The summed E-state index contributed by atoms with van der Waals surface area (Å²) in [6.07, 6.45) is 8.69. The van der Waals surface area contributed by atoms with Crippen molar-refractivity contribution in [1.82, 2.24) is 15.0 Å². The largest absolute Gasteiger partial charge is 0.338 e. The molecule has 2 amide bonds. The van der Waals surface area contributed by atoms with Gasteiger partial charge in [-0.1, -0.05) is 6.92 Å². The first-order valence-corrected chi connectivity index (χ1v) is 13.9. The maximum Gasteiger partial charge on any atom is 0.256 e. The van der Waals surface area contributed by atoms with Crippen LogP contribution in [0.15, 0.2) is 60.8 Å². The van der Waals surface area contributed by atoms with Crippen LogP contribution in [0.2, 0.25) is 0 Å². The van der Waals surface area contributed by atoms with Crippen molar-refractivity contribution < 1.29 is 9.59 Å². The molecule has 4 aromatic rings. The van der Waals surface area contributed by atoms with Gasteiger partial charge in [0.05, 0.1) is 16.4 Å². The lowest BCUT2D eigenvalue weighted by atomic mass is 9.44. The van der Waals surface area contributed by atoms with Crippen LogP contribution in [0.4, 0.5) is 11.5 Å². The van der Waals surface area contributed by atoms with E-state index in [0.29, 0.717) is 28.6 Å². The summed E-state index contributed by atoms with van der Waals surface area (Å²) in [4.78, 5) is 38.6. The van der Waals surface area contributed by atoms with E-state index in [4.69, 9.17) is 4.98 Å². The van der Waals surface area contributed by atoms with Gasteiger partial charge < -0.3 is 15.6 Å². The fraction of sp³-hybridized carbons (Fsp3) is 0.375. The molecule has 2 aromatic carbocycles. The van der Waals surface area contributed by atoms with Crippen molar-refractivity contribution in [2.75, 3.05) is 10.6 Å². The number of carbonyl (C=O) groups is 2. The van der Waals surface area contributed by atoms with E-state index in [9.17, 15) is 9.59 Å². The van der Waals surface area contributed by atoms with Gasteiger partial charge >= 0.3 is 0 Å². The van der Waals surface area contributed by atoms with Gasteiger partial charge in [-0.2, -0.15) is 0 Å². The maximum absolute atomic E-state index is 13.5. The van der Waals surface area contributed by atoms with Gasteiger partial charge in [0.15, 0.2) is 0 Å². The third-order valence-corrected chi connectivity index (χ3v) is 9.15. The van der Waals surface area contributed by atoms with Gasteiger partial charge in [0.25, 0.3) is 5.91 Å². The summed E-state index contributed by atoms with van der Waals surface area (Å²) < 4.78 is 0. The SMILES string of the molecule is Cc1ccnc(NC(=O)c2ccc3nc(-c4ccc(NC(=O)C56CC7CC(CC(C)(C7)C5)C6)cc4)[nH]c3c2)c1. The van der Waals surface area contributed by atoms with Crippen LogP contribution in [0.5, 0.6) is 0 Å². The molecule has 0 saturated heterocycles. The quantitative estimate of drug-likeness (QED) is 0.272. The molecule has 2 atom stereocenters. The van der Waals surface area contributed by atoms with Crippen LogP contribution in [0.1, 0.15) is 61.4 Å². The van der Waals surface area contributed by atoms with E-state index in [1.54, 1.807) is 18.3 Å². The average molecular weight is 520 g/mol. The number of aryl methyl sites for hydroxylation is 1. The number of imidazole rings is 1. The number of H-pyrrole nitrogens is 1. The monoisotopic (exact) mass is 519 g/mol. The number of fused-ring (bicyclic) bond motifs is 1. The first kappa shape index (κ1) is 24.1. The molecule has 0 aliphatic heterocycles. The lowest BCUT2D eigenvalue weighted by molar-refractivity contribution is -0.149. The Morgan fingerprint density at radius 2 is 1.72 bits per heavy atom. The smallest absolute Gasteiger partial charge is 0.256 e. The number of amides is 2. The normalized spacial score (nSPS) is 27.0. The lowest BCUT2D eigenvalue weighted by Gasteiger charge is -2.60. The second kappa shape index (κ2) is 8.76. The molecular formula is C32H33N5O2. The molecule has 3 N–H and O–H groups in total. The predicted molar refractivity (Wildman–Crippen MR) is 152 cm³/mol. The minimum Gasteiger partial charge on any atom is -0.338 e. The van der Waals surface area contributed by atoms with E-state index in [2.05, 4.69) is 27.5 Å². The van der Waals surface area contributed by atoms with Gasteiger partial charge in [-0.3, -0.25) is 9.59 Å². The lowest BCUT2D eigenvalue weighted by Crippen LogP contribution is -2.55. The van der Waals surface area contributed by atoms with Crippen LogP contribution < -0.4 is 10.6 Å². The van der Waals surface area contributed by atoms with E-state index in [-0.39, 0.29) is 17.2 Å². The average Bonchev–Trinajstić information content (AvgIpc) is 3.31. The van der Waals surface area contributed by atoms with Crippen LogP contribution in [0, 0.1) is 29.6 Å². The Morgan fingerprint density at radius 3 is 2.44 bits per heavy atom. The summed E-state index contributed by atoms with van der Waals surface area (Å²) in [6.45, 7) is 4.35. The molecule has 8 rings (SSSR count). The van der Waals surface area contributed by atoms with Crippen molar-refractivity contribution in [2.45, 2.75) is 52.4 Å². The molecule has 2 aromatic heterocycles. The molecule has 2 heterocycles. The second-order valence-corrected chi connectivity index (χ2v) is 12.6. The molecule has 198 valence electrons. The zero-order valence-corrected chi connectivity index (χ0v) is 22.4. The molecule has 4 bridgehead atoms. The predicted octanol–water partition coefficient (Wildman–Crippen LogP) is 6.73. The highest BCUT2D eigenvalue weighted by molar-refractivity contribution is 6.05. The first-order valence-electron chi connectivity index (χ1n) is 13.9. The van der Waals surface area contributed by atoms with Crippen LogP contribution in [-0.4, -0.2) is 26.8 Å². The summed E-state index contributed by atoms with van der Waals surface area (Å²) in [6, 6.07) is 17.0. The summed E-state index contributed by atoms with van der Waals surface area (Å²) in [5.74, 6) is 2.64. The number of carbonyl (C=O) groups excluding carboxylic acids is 2. The van der Waals surface area contributed by atoms with E-state index in [1.807, 2.05) is 49.4 Å². The summed E-state index contributed by atoms with van der Waals surface area (Å²) in [5.41, 5.74) is 5.00. The Kier molecular flexibility index (Phi) is 5.41. The molecular weight excluding hydrogens is 486 g/mol. The third-order valence-electron chi connectivity index (χ3n) is 9.15. The molecule has 2 unspecified atom stereocenters. The zero-order valence-electron chi connectivity index (χ0n) is 22.4. The van der Waals surface area contributed by atoms with Gasteiger partial charge in [-0.25, -0.2) is 9.97 Å². The van der Waals surface area contributed by atoms with Crippen molar-refractivity contribution in [3.8, 4) is 11.4 Å². The van der Waals surface area contributed by atoms with Gasteiger partial charge in [0.2, 0.25) is 5.91 Å². The number of hydrogen-bond acceptors (Lipinski definition) is 4. The molecule has 4 fully saturated rings. The van der Waals surface area contributed by atoms with E-state index in [0.717, 1.165) is 52.9 Å². The first-order chi connectivity index (χ1) is 18.8. The highest BCUT2D eigenvalue weighted by Gasteiger charge is 2.58. The highest BCUT2D eigenvalue weighted by Crippen LogP contribution is 2.65. The van der Waals surface area contributed by atoms with Gasteiger partial charge in [0, 0.05) is 23.0 Å². The number of benzene rings is 2. The second-order valence-electron chi connectivity index (χ2n) is 12.6. The number of hydrogen-bond donors (Lipinski definition) is 3. The van der Waals surface area contributed by atoms with Gasteiger partial charge in [0.1, 0.15) is 11.6 Å². The summed E-state index contributed by atoms with van der Waals surface area (Å²) >= 11 is 0. The molecule has 7 nitrogen and oxygen atoms in total. The van der Waals surface area contributed by atoms with Crippen molar-refractivity contribution in [1.29, 1.82) is 0 Å². The van der Waals surface area contributed by atoms with E-state index >= 15 is 0 Å². The van der Waals surface area contributed by atoms with Crippen molar-refractivity contribution in [3.63, 3.8) is 0 Å². The van der Waals surface area contributed by atoms with Crippen molar-refractivity contribution in [3.05, 3.63) is 71.9 Å².